The number of esters is 1. The van der Waals surface area contributed by atoms with Crippen molar-refractivity contribution in [2.75, 3.05) is 7.11 Å². The molecule has 1 rings (SSSR count). The smallest absolute Gasteiger partial charge is 0.318 e. The number of hydrogen-bond donors (Lipinski definition) is 1. The topological polar surface area (TPSA) is 116 Å². The zero-order chi connectivity index (χ0) is 16.9. The van der Waals surface area contributed by atoms with Gasteiger partial charge in [0, 0.05) is 13.0 Å². The summed E-state index contributed by atoms with van der Waals surface area (Å²) in [6, 6.07) is 4.42. The van der Waals surface area contributed by atoms with Crippen LogP contribution < -0.4 is 5.32 Å². The molecule has 0 bridgehead atoms. The third kappa shape index (κ3) is 3.87. The second kappa shape index (κ2) is 7.30. The Morgan fingerprint density at radius 3 is 2.27 bits per heavy atom. The molecule has 0 aliphatic rings. The maximum atomic E-state index is 11.9. The number of para-hydroxylation sites is 1. The number of ketones is 1. The molecule has 1 N–H and O–H groups in total. The molecule has 0 saturated heterocycles. The number of Topliss-reactive ketones (excluding diaryl/α,β-unsaturated/α-hetero) is 1. The van der Waals surface area contributed by atoms with E-state index in [2.05, 4.69) is 10.1 Å². The van der Waals surface area contributed by atoms with Gasteiger partial charge in [-0.25, -0.2) is 0 Å². The summed E-state index contributed by atoms with van der Waals surface area (Å²) in [7, 11) is 1.10. The lowest BCUT2D eigenvalue weighted by atomic mass is 9.89. The monoisotopic (exact) mass is 308 g/mol. The molecule has 8 heteroatoms. The maximum absolute atomic E-state index is 11.9. The van der Waals surface area contributed by atoms with E-state index in [1.807, 2.05) is 0 Å². The van der Waals surface area contributed by atoms with Gasteiger partial charge in [-0.15, -0.1) is 0 Å². The van der Waals surface area contributed by atoms with Gasteiger partial charge in [0.2, 0.25) is 5.91 Å². The van der Waals surface area contributed by atoms with Crippen molar-refractivity contribution in [2.45, 2.75) is 19.9 Å². The van der Waals surface area contributed by atoms with Gasteiger partial charge in [0.05, 0.1) is 23.6 Å². The van der Waals surface area contributed by atoms with Crippen LogP contribution in [0.4, 0.5) is 5.69 Å². The van der Waals surface area contributed by atoms with Crippen LogP contribution in [-0.2, 0) is 19.1 Å². The van der Waals surface area contributed by atoms with E-state index in [0.29, 0.717) is 0 Å². The Morgan fingerprint density at radius 2 is 1.82 bits per heavy atom. The number of nitro benzene ring substituents is 1. The molecule has 22 heavy (non-hydrogen) atoms. The fourth-order valence-corrected chi connectivity index (χ4v) is 2.14. The van der Waals surface area contributed by atoms with Crippen LogP contribution in [0.15, 0.2) is 24.3 Å². The minimum atomic E-state index is -1.37. The Labute approximate surface area is 126 Å². The Hall–Kier alpha value is -2.77. The summed E-state index contributed by atoms with van der Waals surface area (Å²) in [6.07, 6.45) is 0. The van der Waals surface area contributed by atoms with E-state index in [1.165, 1.54) is 31.2 Å². The first kappa shape index (κ1) is 17.3. The summed E-state index contributed by atoms with van der Waals surface area (Å²) in [5.41, 5.74) is -0.232. The van der Waals surface area contributed by atoms with Gasteiger partial charge in [-0.1, -0.05) is 18.2 Å². The van der Waals surface area contributed by atoms with Crippen LogP contribution in [0.5, 0.6) is 0 Å². The minimum absolute atomic E-state index is 0.0632. The molecule has 0 fully saturated rings. The first-order chi connectivity index (χ1) is 10.3. The molecule has 118 valence electrons. The van der Waals surface area contributed by atoms with Crippen molar-refractivity contribution in [3.63, 3.8) is 0 Å². The number of rotatable bonds is 6. The van der Waals surface area contributed by atoms with Crippen molar-refractivity contribution < 1.29 is 24.0 Å². The summed E-state index contributed by atoms with van der Waals surface area (Å²) in [5, 5.41) is 13.6. The second-order valence-corrected chi connectivity index (χ2v) is 4.61. The SMILES string of the molecule is COC(=O)[C@@H](C(C)=O)[C@H](NC(C)=O)c1ccccc1[N+](=O)[O-]. The lowest BCUT2D eigenvalue weighted by molar-refractivity contribution is -0.385. The molecule has 0 aliphatic heterocycles. The predicted molar refractivity (Wildman–Crippen MR) is 75.8 cm³/mol. The number of benzene rings is 1. The quantitative estimate of drug-likeness (QED) is 0.365. The largest absolute Gasteiger partial charge is 0.468 e. The first-order valence-corrected chi connectivity index (χ1v) is 6.38. The highest BCUT2D eigenvalue weighted by Gasteiger charge is 2.38. The van der Waals surface area contributed by atoms with Crippen LogP contribution in [0, 0.1) is 16.0 Å². The molecule has 0 aromatic heterocycles. The molecule has 1 aromatic carbocycles. The number of ether oxygens (including phenoxy) is 1. The molecular formula is C14H16N2O6. The number of hydrogen-bond acceptors (Lipinski definition) is 6. The molecule has 2 atom stereocenters. The Balaban J connectivity index is 3.46. The van der Waals surface area contributed by atoms with Gasteiger partial charge in [0.15, 0.2) is 0 Å². The van der Waals surface area contributed by atoms with E-state index >= 15 is 0 Å². The van der Waals surface area contributed by atoms with Gasteiger partial charge < -0.3 is 10.1 Å². The average Bonchev–Trinajstić information content (AvgIpc) is 2.45. The van der Waals surface area contributed by atoms with Crippen LogP contribution in [0.2, 0.25) is 0 Å². The maximum Gasteiger partial charge on any atom is 0.318 e. The lowest BCUT2D eigenvalue weighted by Gasteiger charge is -2.24. The van der Waals surface area contributed by atoms with Crippen LogP contribution >= 0.6 is 0 Å². The summed E-state index contributed by atoms with van der Waals surface area (Å²) in [5.74, 6) is -3.33. The Kier molecular flexibility index (Phi) is 5.73. The van der Waals surface area contributed by atoms with E-state index in [9.17, 15) is 24.5 Å². The molecule has 0 spiro atoms. The first-order valence-electron chi connectivity index (χ1n) is 6.38. The highest BCUT2D eigenvalue weighted by molar-refractivity contribution is 5.99. The molecule has 0 radical (unpaired) electrons. The summed E-state index contributed by atoms with van der Waals surface area (Å²) in [6.45, 7) is 2.35. The van der Waals surface area contributed by atoms with Crippen molar-refractivity contribution in [1.29, 1.82) is 0 Å². The Bertz CT molecular complexity index is 613. The van der Waals surface area contributed by atoms with Crippen LogP contribution in [0.3, 0.4) is 0 Å². The average molecular weight is 308 g/mol. The van der Waals surface area contributed by atoms with Crippen molar-refractivity contribution in [3.05, 3.63) is 39.9 Å². The van der Waals surface area contributed by atoms with Gasteiger partial charge in [0.1, 0.15) is 11.7 Å². The predicted octanol–water partition coefficient (Wildman–Crippen LogP) is 1.15. The van der Waals surface area contributed by atoms with Crippen molar-refractivity contribution in [3.8, 4) is 0 Å². The highest BCUT2D eigenvalue weighted by atomic mass is 16.6. The van der Waals surface area contributed by atoms with E-state index in [4.69, 9.17) is 0 Å². The van der Waals surface area contributed by atoms with Gasteiger partial charge in [-0.3, -0.25) is 24.5 Å². The summed E-state index contributed by atoms with van der Waals surface area (Å²) < 4.78 is 4.58. The zero-order valence-corrected chi connectivity index (χ0v) is 12.4. The molecule has 0 unspecified atom stereocenters. The number of amides is 1. The molecule has 1 aromatic rings. The fraction of sp³-hybridized carbons (Fsp3) is 0.357. The fourth-order valence-electron chi connectivity index (χ4n) is 2.14. The van der Waals surface area contributed by atoms with Gasteiger partial charge in [-0.05, 0) is 6.92 Å². The van der Waals surface area contributed by atoms with Crippen LogP contribution in [-0.4, -0.2) is 29.7 Å². The van der Waals surface area contributed by atoms with E-state index < -0.39 is 34.5 Å². The number of nitrogens with zero attached hydrogens (tertiary/aromatic N) is 1. The molecule has 1 amide bonds. The standard InChI is InChI=1S/C14H16N2O6/c1-8(17)12(14(19)22-3)13(15-9(2)18)10-6-4-5-7-11(10)16(20)21/h4-7,12-13H,1-3H3,(H,15,18)/t12-,13+/m0/s1. The van der Waals surface area contributed by atoms with Gasteiger partial charge in [0.25, 0.3) is 5.69 Å². The third-order valence-electron chi connectivity index (χ3n) is 3.05. The number of nitro groups is 1. The normalized spacial score (nSPS) is 12.9. The molecular weight excluding hydrogens is 292 g/mol. The number of methoxy groups -OCH3 is 1. The van der Waals surface area contributed by atoms with Crippen LogP contribution in [0.1, 0.15) is 25.5 Å². The molecule has 8 nitrogen and oxygen atoms in total. The van der Waals surface area contributed by atoms with E-state index in [1.54, 1.807) is 0 Å². The number of nitrogens with one attached hydrogen (secondary N) is 1. The van der Waals surface area contributed by atoms with Crippen molar-refractivity contribution in [1.82, 2.24) is 5.32 Å². The van der Waals surface area contributed by atoms with Gasteiger partial charge in [-0.2, -0.15) is 0 Å². The summed E-state index contributed by atoms with van der Waals surface area (Å²) >= 11 is 0. The Morgan fingerprint density at radius 1 is 1.23 bits per heavy atom. The molecule has 0 aliphatic carbocycles. The van der Waals surface area contributed by atoms with E-state index in [-0.39, 0.29) is 11.3 Å². The van der Waals surface area contributed by atoms with Gasteiger partial charge >= 0.3 is 5.97 Å². The minimum Gasteiger partial charge on any atom is -0.468 e. The highest BCUT2D eigenvalue weighted by Crippen LogP contribution is 2.31. The number of carbonyl (C=O) groups excluding carboxylic acids is 3. The number of carbonyl (C=O) groups is 3. The summed E-state index contributed by atoms with van der Waals surface area (Å²) in [4.78, 5) is 45.6. The lowest BCUT2D eigenvalue weighted by Crippen LogP contribution is -2.40. The zero-order valence-electron chi connectivity index (χ0n) is 12.4. The molecule has 0 saturated carbocycles. The van der Waals surface area contributed by atoms with Crippen molar-refractivity contribution in [2.24, 2.45) is 5.92 Å². The van der Waals surface area contributed by atoms with Crippen molar-refractivity contribution >= 4 is 23.3 Å². The van der Waals surface area contributed by atoms with E-state index in [0.717, 1.165) is 14.0 Å². The molecule has 0 heterocycles. The van der Waals surface area contributed by atoms with Crippen LogP contribution in [0.25, 0.3) is 0 Å². The third-order valence-corrected chi connectivity index (χ3v) is 3.05. The second-order valence-electron chi connectivity index (χ2n) is 4.61.